The molecule has 0 aliphatic carbocycles. The first-order valence-corrected chi connectivity index (χ1v) is 4.68. The lowest BCUT2D eigenvalue weighted by molar-refractivity contribution is 1.58. The molecule has 3 heteroatoms. The molecular formula is C9H6ClNS. The lowest BCUT2D eigenvalue weighted by Gasteiger charge is -1.94. The highest BCUT2D eigenvalue weighted by Crippen LogP contribution is 2.23. The van der Waals surface area contributed by atoms with Crippen molar-refractivity contribution in [2.24, 2.45) is 0 Å². The molecule has 1 heterocycles. The van der Waals surface area contributed by atoms with Crippen molar-refractivity contribution in [3.8, 4) is 10.4 Å². The summed E-state index contributed by atoms with van der Waals surface area (Å²) in [5.41, 5.74) is 1.17. The Morgan fingerprint density at radius 1 is 1.08 bits per heavy atom. The first kappa shape index (κ1) is 7.77. The Labute approximate surface area is 79.8 Å². The molecule has 1 nitrogen and oxygen atoms in total. The maximum Gasteiger partial charge on any atom is 0.0549 e. The van der Waals surface area contributed by atoms with Crippen LogP contribution in [0.25, 0.3) is 10.4 Å². The maximum atomic E-state index is 5.76. The average molecular weight is 196 g/mol. The van der Waals surface area contributed by atoms with Crippen LogP contribution in [0.3, 0.4) is 0 Å². The summed E-state index contributed by atoms with van der Waals surface area (Å²) >= 11 is 7.25. The minimum Gasteiger partial charge on any atom is -0.201 e. The van der Waals surface area contributed by atoms with Crippen LogP contribution < -0.4 is 0 Å². The van der Waals surface area contributed by atoms with Crippen LogP contribution in [0.15, 0.2) is 36.5 Å². The summed E-state index contributed by atoms with van der Waals surface area (Å²) in [7, 11) is 0. The lowest BCUT2D eigenvalue weighted by atomic mass is 10.2. The standard InChI is InChI=1S/C9H6ClNS/c10-8-3-1-7(2-4-8)9-5-6-11-12-9/h1-6H. The largest absolute Gasteiger partial charge is 0.201 e. The summed E-state index contributed by atoms with van der Waals surface area (Å²) in [4.78, 5) is 1.17. The number of rotatable bonds is 1. The van der Waals surface area contributed by atoms with Crippen LogP contribution in [0.2, 0.25) is 5.02 Å². The number of benzene rings is 1. The first-order chi connectivity index (χ1) is 5.86. The lowest BCUT2D eigenvalue weighted by Crippen LogP contribution is -1.69. The smallest absolute Gasteiger partial charge is 0.0549 e. The second-order valence-corrected chi connectivity index (χ2v) is 3.65. The van der Waals surface area contributed by atoms with Gasteiger partial charge in [0, 0.05) is 11.2 Å². The van der Waals surface area contributed by atoms with Gasteiger partial charge < -0.3 is 0 Å². The molecule has 0 radical (unpaired) electrons. The van der Waals surface area contributed by atoms with Gasteiger partial charge in [0.05, 0.1) is 4.88 Å². The monoisotopic (exact) mass is 195 g/mol. The summed E-state index contributed by atoms with van der Waals surface area (Å²) in [6, 6.07) is 9.76. The number of halogens is 1. The molecule has 0 spiro atoms. The molecule has 2 aromatic rings. The highest BCUT2D eigenvalue weighted by molar-refractivity contribution is 7.09. The highest BCUT2D eigenvalue weighted by atomic mass is 35.5. The predicted molar refractivity (Wildman–Crippen MR) is 52.6 cm³/mol. The summed E-state index contributed by atoms with van der Waals surface area (Å²) in [6.07, 6.45) is 1.80. The molecule has 2 rings (SSSR count). The van der Waals surface area contributed by atoms with Crippen molar-refractivity contribution in [1.82, 2.24) is 4.37 Å². The third-order valence-corrected chi connectivity index (χ3v) is 2.61. The summed E-state index contributed by atoms with van der Waals surface area (Å²) in [6.45, 7) is 0. The molecule has 0 saturated carbocycles. The van der Waals surface area contributed by atoms with E-state index in [9.17, 15) is 0 Å². The van der Waals surface area contributed by atoms with Gasteiger partial charge >= 0.3 is 0 Å². The average Bonchev–Trinajstić information content (AvgIpc) is 2.58. The van der Waals surface area contributed by atoms with E-state index in [2.05, 4.69) is 4.37 Å². The van der Waals surface area contributed by atoms with Gasteiger partial charge in [-0.15, -0.1) is 0 Å². The highest BCUT2D eigenvalue weighted by Gasteiger charge is 1.97. The van der Waals surface area contributed by atoms with E-state index in [1.807, 2.05) is 30.3 Å². The van der Waals surface area contributed by atoms with E-state index in [0.717, 1.165) is 5.02 Å². The topological polar surface area (TPSA) is 12.9 Å². The molecular weight excluding hydrogens is 190 g/mol. The Morgan fingerprint density at radius 2 is 1.83 bits per heavy atom. The number of aromatic nitrogens is 1. The molecule has 0 atom stereocenters. The van der Waals surface area contributed by atoms with E-state index in [4.69, 9.17) is 11.6 Å². The molecule has 0 saturated heterocycles. The molecule has 0 aliphatic rings. The fourth-order valence-corrected chi connectivity index (χ4v) is 1.70. The van der Waals surface area contributed by atoms with Crippen LogP contribution in [0.1, 0.15) is 0 Å². The Hall–Kier alpha value is -0.860. The molecule has 0 N–H and O–H groups in total. The van der Waals surface area contributed by atoms with Crippen LogP contribution in [0, 0.1) is 0 Å². The van der Waals surface area contributed by atoms with Crippen molar-refractivity contribution in [3.05, 3.63) is 41.6 Å². The third kappa shape index (κ3) is 1.49. The van der Waals surface area contributed by atoms with E-state index in [1.165, 1.54) is 22.0 Å². The normalized spacial score (nSPS) is 10.1. The van der Waals surface area contributed by atoms with Gasteiger partial charge in [-0.3, -0.25) is 0 Å². The minimum absolute atomic E-state index is 0.767. The van der Waals surface area contributed by atoms with E-state index >= 15 is 0 Å². The third-order valence-electron chi connectivity index (χ3n) is 1.57. The van der Waals surface area contributed by atoms with Crippen molar-refractivity contribution >= 4 is 23.1 Å². The van der Waals surface area contributed by atoms with Crippen LogP contribution in [-0.2, 0) is 0 Å². The zero-order valence-electron chi connectivity index (χ0n) is 6.20. The first-order valence-electron chi connectivity index (χ1n) is 3.53. The number of hydrogen-bond acceptors (Lipinski definition) is 2. The zero-order chi connectivity index (χ0) is 8.39. The van der Waals surface area contributed by atoms with Crippen LogP contribution in [0.4, 0.5) is 0 Å². The van der Waals surface area contributed by atoms with Crippen LogP contribution >= 0.6 is 23.1 Å². The second-order valence-electron chi connectivity index (χ2n) is 2.38. The van der Waals surface area contributed by atoms with E-state index in [0.29, 0.717) is 0 Å². The van der Waals surface area contributed by atoms with E-state index in [1.54, 1.807) is 6.20 Å². The number of nitrogens with zero attached hydrogens (tertiary/aromatic N) is 1. The Bertz CT molecular complexity index is 353. The van der Waals surface area contributed by atoms with Gasteiger partial charge in [-0.25, -0.2) is 4.37 Å². The fourth-order valence-electron chi connectivity index (χ4n) is 0.979. The van der Waals surface area contributed by atoms with E-state index < -0.39 is 0 Å². The van der Waals surface area contributed by atoms with Crippen molar-refractivity contribution in [1.29, 1.82) is 0 Å². The van der Waals surface area contributed by atoms with Gasteiger partial charge in [0.2, 0.25) is 0 Å². The molecule has 0 aliphatic heterocycles. The van der Waals surface area contributed by atoms with Gasteiger partial charge in [0.15, 0.2) is 0 Å². The van der Waals surface area contributed by atoms with E-state index in [-0.39, 0.29) is 0 Å². The van der Waals surface area contributed by atoms with Crippen molar-refractivity contribution in [2.75, 3.05) is 0 Å². The Morgan fingerprint density at radius 3 is 2.42 bits per heavy atom. The SMILES string of the molecule is Clc1ccc(-c2ccns2)cc1. The summed E-state index contributed by atoms with van der Waals surface area (Å²) in [5, 5.41) is 0.767. The molecule has 60 valence electrons. The van der Waals surface area contributed by atoms with Crippen molar-refractivity contribution in [3.63, 3.8) is 0 Å². The predicted octanol–water partition coefficient (Wildman–Crippen LogP) is 3.46. The quantitative estimate of drug-likeness (QED) is 0.679. The minimum atomic E-state index is 0.767. The molecule has 12 heavy (non-hydrogen) atoms. The Kier molecular flexibility index (Phi) is 2.11. The second kappa shape index (κ2) is 3.25. The van der Waals surface area contributed by atoms with Crippen molar-refractivity contribution < 1.29 is 0 Å². The fraction of sp³-hybridized carbons (Fsp3) is 0. The molecule has 0 unspecified atom stereocenters. The van der Waals surface area contributed by atoms with Crippen LogP contribution in [-0.4, -0.2) is 4.37 Å². The van der Waals surface area contributed by atoms with Crippen molar-refractivity contribution in [2.45, 2.75) is 0 Å². The van der Waals surface area contributed by atoms with Crippen LogP contribution in [0.5, 0.6) is 0 Å². The molecule has 0 bridgehead atoms. The van der Waals surface area contributed by atoms with Gasteiger partial charge in [0.1, 0.15) is 0 Å². The van der Waals surface area contributed by atoms with Gasteiger partial charge in [0.25, 0.3) is 0 Å². The molecule has 0 fully saturated rings. The van der Waals surface area contributed by atoms with Gasteiger partial charge in [-0.1, -0.05) is 23.7 Å². The maximum absolute atomic E-state index is 5.76. The summed E-state index contributed by atoms with van der Waals surface area (Å²) in [5.74, 6) is 0. The van der Waals surface area contributed by atoms with Gasteiger partial charge in [-0.2, -0.15) is 0 Å². The van der Waals surface area contributed by atoms with Gasteiger partial charge in [-0.05, 0) is 35.3 Å². The zero-order valence-corrected chi connectivity index (χ0v) is 7.77. The summed E-state index contributed by atoms with van der Waals surface area (Å²) < 4.78 is 4.03. The molecule has 1 aromatic heterocycles. The Balaban J connectivity index is 2.43. The molecule has 0 amide bonds. The molecule has 1 aromatic carbocycles. The number of hydrogen-bond donors (Lipinski definition) is 0.